The lowest BCUT2D eigenvalue weighted by Gasteiger charge is -2.31. The highest BCUT2D eigenvalue weighted by Gasteiger charge is 2.29. The van der Waals surface area contributed by atoms with Gasteiger partial charge in [0.1, 0.15) is 0 Å². The lowest BCUT2D eigenvalue weighted by atomic mass is 9.89. The summed E-state index contributed by atoms with van der Waals surface area (Å²) in [6.45, 7) is 13.2. The first-order valence-electron chi connectivity index (χ1n) is 6.13. The van der Waals surface area contributed by atoms with Gasteiger partial charge in [0.25, 0.3) is 0 Å². The van der Waals surface area contributed by atoms with E-state index in [1.165, 1.54) is 52.0 Å². The molecular formula is C12H26N2. The molecular weight excluding hydrogens is 172 g/mol. The van der Waals surface area contributed by atoms with E-state index in [0.717, 1.165) is 0 Å². The molecule has 1 aliphatic heterocycles. The van der Waals surface area contributed by atoms with E-state index in [1.807, 2.05) is 0 Å². The molecule has 2 heteroatoms. The van der Waals surface area contributed by atoms with Gasteiger partial charge in [-0.2, -0.15) is 0 Å². The molecule has 84 valence electrons. The fraction of sp³-hybridized carbons (Fsp3) is 1.00. The fourth-order valence-corrected chi connectivity index (χ4v) is 2.45. The predicted octanol–water partition coefficient (Wildman–Crippen LogP) is 2.11. The Labute approximate surface area is 89.1 Å². The SMILES string of the molecule is CCCN(CCC)CC1(C)CCNC1. The minimum absolute atomic E-state index is 0.532. The molecule has 1 aliphatic rings. The lowest BCUT2D eigenvalue weighted by Crippen LogP contribution is -2.38. The first kappa shape index (κ1) is 12.0. The van der Waals surface area contributed by atoms with Crippen LogP contribution in [0.25, 0.3) is 0 Å². The highest BCUT2D eigenvalue weighted by Crippen LogP contribution is 2.25. The van der Waals surface area contributed by atoms with Crippen molar-refractivity contribution < 1.29 is 0 Å². The summed E-state index contributed by atoms with van der Waals surface area (Å²) >= 11 is 0. The first-order chi connectivity index (χ1) is 6.70. The lowest BCUT2D eigenvalue weighted by molar-refractivity contribution is 0.178. The highest BCUT2D eigenvalue weighted by atomic mass is 15.1. The molecule has 1 unspecified atom stereocenters. The average molecular weight is 198 g/mol. The van der Waals surface area contributed by atoms with Crippen molar-refractivity contribution in [3.05, 3.63) is 0 Å². The molecule has 0 aromatic rings. The molecule has 1 N–H and O–H groups in total. The third-order valence-electron chi connectivity index (χ3n) is 3.14. The van der Waals surface area contributed by atoms with Gasteiger partial charge in [-0.3, -0.25) is 0 Å². The third-order valence-corrected chi connectivity index (χ3v) is 3.14. The van der Waals surface area contributed by atoms with Gasteiger partial charge in [0, 0.05) is 13.1 Å². The number of hydrogen-bond acceptors (Lipinski definition) is 2. The summed E-state index contributed by atoms with van der Waals surface area (Å²) in [6, 6.07) is 0. The van der Waals surface area contributed by atoms with E-state index >= 15 is 0 Å². The van der Waals surface area contributed by atoms with Crippen LogP contribution in [0.4, 0.5) is 0 Å². The topological polar surface area (TPSA) is 15.3 Å². The van der Waals surface area contributed by atoms with Crippen LogP contribution in [0.15, 0.2) is 0 Å². The minimum Gasteiger partial charge on any atom is -0.316 e. The highest BCUT2D eigenvalue weighted by molar-refractivity contribution is 4.86. The van der Waals surface area contributed by atoms with Crippen molar-refractivity contribution in [3.63, 3.8) is 0 Å². The van der Waals surface area contributed by atoms with Crippen LogP contribution in [0.2, 0.25) is 0 Å². The molecule has 1 rings (SSSR count). The molecule has 0 amide bonds. The molecule has 14 heavy (non-hydrogen) atoms. The molecule has 0 aromatic carbocycles. The molecule has 1 heterocycles. The van der Waals surface area contributed by atoms with Gasteiger partial charge < -0.3 is 10.2 Å². The maximum atomic E-state index is 3.48. The Balaban J connectivity index is 2.36. The first-order valence-corrected chi connectivity index (χ1v) is 6.13. The zero-order valence-corrected chi connectivity index (χ0v) is 10.1. The van der Waals surface area contributed by atoms with E-state index in [-0.39, 0.29) is 0 Å². The number of nitrogens with one attached hydrogen (secondary N) is 1. The van der Waals surface area contributed by atoms with Crippen LogP contribution < -0.4 is 5.32 Å². The van der Waals surface area contributed by atoms with Gasteiger partial charge in [-0.1, -0.05) is 20.8 Å². The Kier molecular flexibility index (Phi) is 4.90. The normalized spacial score (nSPS) is 27.4. The molecule has 0 bridgehead atoms. The van der Waals surface area contributed by atoms with Crippen LogP contribution in [0.1, 0.15) is 40.0 Å². The standard InChI is InChI=1S/C12H26N2/c1-4-8-14(9-5-2)11-12(3)6-7-13-10-12/h13H,4-11H2,1-3H3. The molecule has 1 atom stereocenters. The van der Waals surface area contributed by atoms with Gasteiger partial charge in [0.15, 0.2) is 0 Å². The van der Waals surface area contributed by atoms with Gasteiger partial charge in [0.05, 0.1) is 0 Å². The van der Waals surface area contributed by atoms with Crippen LogP contribution in [0, 0.1) is 5.41 Å². The maximum Gasteiger partial charge on any atom is 0.00480 e. The summed E-state index contributed by atoms with van der Waals surface area (Å²) in [5.41, 5.74) is 0.532. The van der Waals surface area contributed by atoms with Gasteiger partial charge in [-0.05, 0) is 44.3 Å². The molecule has 2 nitrogen and oxygen atoms in total. The van der Waals surface area contributed by atoms with E-state index in [9.17, 15) is 0 Å². The van der Waals surface area contributed by atoms with E-state index in [4.69, 9.17) is 0 Å². The zero-order valence-electron chi connectivity index (χ0n) is 10.1. The number of hydrogen-bond donors (Lipinski definition) is 1. The van der Waals surface area contributed by atoms with Gasteiger partial charge in [-0.15, -0.1) is 0 Å². The molecule has 1 fully saturated rings. The summed E-state index contributed by atoms with van der Waals surface area (Å²) in [6.07, 6.45) is 3.91. The molecule has 0 radical (unpaired) electrons. The van der Waals surface area contributed by atoms with Crippen molar-refractivity contribution in [2.24, 2.45) is 5.41 Å². The van der Waals surface area contributed by atoms with Crippen LogP contribution >= 0.6 is 0 Å². The zero-order chi connectivity index (χ0) is 10.4. The minimum atomic E-state index is 0.532. The number of rotatable bonds is 6. The van der Waals surface area contributed by atoms with Gasteiger partial charge >= 0.3 is 0 Å². The molecule has 0 saturated carbocycles. The summed E-state index contributed by atoms with van der Waals surface area (Å²) < 4.78 is 0. The molecule has 0 aliphatic carbocycles. The van der Waals surface area contributed by atoms with Crippen molar-refractivity contribution in [2.75, 3.05) is 32.7 Å². The van der Waals surface area contributed by atoms with E-state index < -0.39 is 0 Å². The van der Waals surface area contributed by atoms with E-state index in [1.54, 1.807) is 0 Å². The van der Waals surface area contributed by atoms with Crippen LogP contribution in [0.5, 0.6) is 0 Å². The molecule has 0 aromatic heterocycles. The van der Waals surface area contributed by atoms with Crippen molar-refractivity contribution in [1.29, 1.82) is 0 Å². The van der Waals surface area contributed by atoms with Gasteiger partial charge in [0.2, 0.25) is 0 Å². The Morgan fingerprint density at radius 3 is 2.29 bits per heavy atom. The van der Waals surface area contributed by atoms with Crippen LogP contribution in [-0.2, 0) is 0 Å². The van der Waals surface area contributed by atoms with Crippen molar-refractivity contribution in [2.45, 2.75) is 40.0 Å². The van der Waals surface area contributed by atoms with Crippen molar-refractivity contribution in [1.82, 2.24) is 10.2 Å². The van der Waals surface area contributed by atoms with Crippen molar-refractivity contribution >= 4 is 0 Å². The Hall–Kier alpha value is -0.0800. The number of nitrogens with zero attached hydrogens (tertiary/aromatic N) is 1. The average Bonchev–Trinajstić information content (AvgIpc) is 2.53. The quantitative estimate of drug-likeness (QED) is 0.703. The summed E-state index contributed by atoms with van der Waals surface area (Å²) in [4.78, 5) is 2.63. The van der Waals surface area contributed by atoms with Crippen LogP contribution in [0.3, 0.4) is 0 Å². The fourth-order valence-electron chi connectivity index (χ4n) is 2.45. The Morgan fingerprint density at radius 2 is 1.86 bits per heavy atom. The second kappa shape index (κ2) is 5.72. The molecule has 1 saturated heterocycles. The maximum absolute atomic E-state index is 3.48. The smallest absolute Gasteiger partial charge is 0.00480 e. The summed E-state index contributed by atoms with van der Waals surface area (Å²) in [5.74, 6) is 0. The second-order valence-electron chi connectivity index (χ2n) is 5.01. The van der Waals surface area contributed by atoms with Crippen LogP contribution in [-0.4, -0.2) is 37.6 Å². The summed E-state index contributed by atoms with van der Waals surface area (Å²) in [7, 11) is 0. The Bertz CT molecular complexity index is 144. The Morgan fingerprint density at radius 1 is 1.21 bits per heavy atom. The van der Waals surface area contributed by atoms with E-state index in [2.05, 4.69) is 31.0 Å². The largest absolute Gasteiger partial charge is 0.316 e. The molecule has 0 spiro atoms. The van der Waals surface area contributed by atoms with Gasteiger partial charge in [-0.25, -0.2) is 0 Å². The third kappa shape index (κ3) is 3.58. The summed E-state index contributed by atoms with van der Waals surface area (Å²) in [5, 5.41) is 3.48. The van der Waals surface area contributed by atoms with Crippen molar-refractivity contribution in [3.8, 4) is 0 Å². The monoisotopic (exact) mass is 198 g/mol. The van der Waals surface area contributed by atoms with E-state index in [0.29, 0.717) is 5.41 Å². The predicted molar refractivity (Wildman–Crippen MR) is 62.6 cm³/mol. The second-order valence-corrected chi connectivity index (χ2v) is 5.01.